The average molecular weight is 197 g/mol. The maximum atomic E-state index is 12.7. The highest BCUT2D eigenvalue weighted by Gasteiger charge is 2.36. The van der Waals surface area contributed by atoms with Crippen molar-refractivity contribution in [1.82, 2.24) is 4.31 Å². The molecule has 1 heterocycles. The van der Waals surface area contributed by atoms with Gasteiger partial charge in [0.25, 0.3) is 0 Å². The van der Waals surface area contributed by atoms with Crippen molar-refractivity contribution in [3.8, 4) is 0 Å². The van der Waals surface area contributed by atoms with E-state index < -0.39 is 22.2 Å². The topological polar surface area (TPSA) is 57.6 Å². The monoisotopic (exact) mass is 197 g/mol. The van der Waals surface area contributed by atoms with Crippen LogP contribution in [0.3, 0.4) is 0 Å². The van der Waals surface area contributed by atoms with Gasteiger partial charge in [-0.05, 0) is 6.42 Å². The summed E-state index contributed by atoms with van der Waals surface area (Å²) in [4.78, 5) is 0. The van der Waals surface area contributed by atoms with E-state index in [2.05, 4.69) is 0 Å². The Balaban J connectivity index is 2.78. The number of alkyl halides is 1. The van der Waals surface area contributed by atoms with E-state index in [-0.39, 0.29) is 19.6 Å². The molecule has 0 aromatic carbocycles. The molecule has 0 spiro atoms. The number of nitrogens with zero attached hydrogens (tertiary/aromatic N) is 1. The molecule has 1 N–H and O–H groups in total. The first-order chi connectivity index (χ1) is 5.45. The van der Waals surface area contributed by atoms with Gasteiger partial charge in [0.05, 0.1) is 18.9 Å². The Morgan fingerprint density at radius 2 is 2.25 bits per heavy atom. The van der Waals surface area contributed by atoms with Crippen LogP contribution in [0, 0.1) is 0 Å². The van der Waals surface area contributed by atoms with E-state index in [1.807, 2.05) is 0 Å². The molecule has 0 saturated carbocycles. The van der Waals surface area contributed by atoms with Crippen LogP contribution in [0.5, 0.6) is 0 Å². The van der Waals surface area contributed by atoms with E-state index in [4.69, 9.17) is 5.11 Å². The van der Waals surface area contributed by atoms with Crippen molar-refractivity contribution in [3.05, 3.63) is 0 Å². The van der Waals surface area contributed by atoms with Gasteiger partial charge in [-0.15, -0.1) is 0 Å². The van der Waals surface area contributed by atoms with Crippen molar-refractivity contribution < 1.29 is 17.9 Å². The van der Waals surface area contributed by atoms with Crippen molar-refractivity contribution in [2.24, 2.45) is 0 Å². The summed E-state index contributed by atoms with van der Waals surface area (Å²) in [5, 5.41) is 8.74. The van der Waals surface area contributed by atoms with E-state index in [0.29, 0.717) is 0 Å². The summed E-state index contributed by atoms with van der Waals surface area (Å²) >= 11 is 0. The molecular formula is C6H12FNO3S. The molecule has 0 radical (unpaired) electrons. The van der Waals surface area contributed by atoms with Crippen LogP contribution in [0.4, 0.5) is 4.39 Å². The molecule has 1 rings (SSSR count). The lowest BCUT2D eigenvalue weighted by molar-refractivity contribution is 0.213. The number of rotatable bonds is 2. The minimum Gasteiger partial charge on any atom is -0.395 e. The number of aliphatic hydroxyl groups excluding tert-OH is 1. The number of aliphatic hydroxyl groups is 1. The number of hydrogen-bond acceptors (Lipinski definition) is 3. The van der Waals surface area contributed by atoms with Gasteiger partial charge >= 0.3 is 0 Å². The Labute approximate surface area is 71.0 Å². The van der Waals surface area contributed by atoms with Crippen molar-refractivity contribution in [2.75, 3.05) is 19.4 Å². The molecule has 1 fully saturated rings. The molecular weight excluding hydrogens is 185 g/mol. The Kier molecular flexibility index (Phi) is 2.70. The molecule has 6 heteroatoms. The van der Waals surface area contributed by atoms with Crippen LogP contribution in [0.1, 0.15) is 6.42 Å². The van der Waals surface area contributed by atoms with Gasteiger partial charge in [-0.25, -0.2) is 12.8 Å². The third-order valence-corrected chi connectivity index (χ3v) is 3.25. The smallest absolute Gasteiger partial charge is 0.211 e. The van der Waals surface area contributed by atoms with Crippen molar-refractivity contribution in [1.29, 1.82) is 0 Å². The van der Waals surface area contributed by atoms with E-state index in [0.717, 1.165) is 10.6 Å². The lowest BCUT2D eigenvalue weighted by Gasteiger charge is -2.18. The van der Waals surface area contributed by atoms with Crippen LogP contribution in [0.15, 0.2) is 0 Å². The molecule has 72 valence electrons. The Bertz CT molecular complexity index is 254. The van der Waals surface area contributed by atoms with Gasteiger partial charge in [0.15, 0.2) is 0 Å². The Hall–Kier alpha value is -0.200. The number of sulfonamides is 1. The van der Waals surface area contributed by atoms with Crippen LogP contribution >= 0.6 is 0 Å². The number of halogens is 1. The van der Waals surface area contributed by atoms with E-state index >= 15 is 0 Å². The maximum absolute atomic E-state index is 12.7. The second kappa shape index (κ2) is 3.27. The van der Waals surface area contributed by atoms with Crippen molar-refractivity contribution in [3.63, 3.8) is 0 Å². The summed E-state index contributed by atoms with van der Waals surface area (Å²) < 4.78 is 35.7. The van der Waals surface area contributed by atoms with Gasteiger partial charge in [-0.1, -0.05) is 0 Å². The summed E-state index contributed by atoms with van der Waals surface area (Å²) in [6.07, 6.45) is -0.0195. The zero-order valence-corrected chi connectivity index (χ0v) is 7.59. The molecule has 0 bridgehead atoms. The van der Waals surface area contributed by atoms with Crippen LogP contribution in [0.2, 0.25) is 0 Å². The predicted octanol–water partition coefficient (Wildman–Crippen LogP) is -0.649. The van der Waals surface area contributed by atoms with Gasteiger partial charge in [0, 0.05) is 6.54 Å². The van der Waals surface area contributed by atoms with Gasteiger partial charge in [0.2, 0.25) is 10.0 Å². The third kappa shape index (κ3) is 1.94. The SMILES string of the molecule is CS(=O)(=O)N1C[C@@H](F)C[C@H]1CO. The highest BCUT2D eigenvalue weighted by Crippen LogP contribution is 2.22. The fraction of sp³-hybridized carbons (Fsp3) is 1.00. The second-order valence-electron chi connectivity index (χ2n) is 3.00. The summed E-state index contributed by atoms with van der Waals surface area (Å²) in [5.74, 6) is 0. The molecule has 1 aliphatic rings. The highest BCUT2D eigenvalue weighted by molar-refractivity contribution is 7.88. The van der Waals surface area contributed by atoms with Gasteiger partial charge < -0.3 is 5.11 Å². The Morgan fingerprint density at radius 3 is 2.58 bits per heavy atom. The summed E-state index contributed by atoms with van der Waals surface area (Å²) in [5.41, 5.74) is 0. The molecule has 1 aliphatic heterocycles. The van der Waals surface area contributed by atoms with Gasteiger partial charge in [-0.2, -0.15) is 4.31 Å². The minimum atomic E-state index is -3.36. The summed E-state index contributed by atoms with van der Waals surface area (Å²) in [6.45, 7) is -0.433. The van der Waals surface area contributed by atoms with E-state index in [1.54, 1.807) is 0 Å². The van der Waals surface area contributed by atoms with E-state index in [9.17, 15) is 12.8 Å². The standard InChI is InChI=1S/C6H12FNO3S/c1-12(10,11)8-3-5(7)2-6(8)4-9/h5-6,9H,2-4H2,1H3/t5-,6-/m0/s1. The van der Waals surface area contributed by atoms with Gasteiger partial charge in [0.1, 0.15) is 6.17 Å². The van der Waals surface area contributed by atoms with Crippen LogP contribution in [-0.4, -0.2) is 49.5 Å². The summed E-state index contributed by atoms with van der Waals surface area (Å²) in [7, 11) is -3.36. The molecule has 0 aromatic rings. The lowest BCUT2D eigenvalue weighted by Crippen LogP contribution is -2.36. The van der Waals surface area contributed by atoms with Gasteiger partial charge in [-0.3, -0.25) is 0 Å². The largest absolute Gasteiger partial charge is 0.395 e. The first-order valence-corrected chi connectivity index (χ1v) is 5.51. The summed E-state index contributed by atoms with van der Waals surface area (Å²) in [6, 6.07) is -0.574. The first kappa shape index (κ1) is 9.88. The molecule has 12 heavy (non-hydrogen) atoms. The zero-order chi connectivity index (χ0) is 9.35. The minimum absolute atomic E-state index is 0.101. The highest BCUT2D eigenvalue weighted by atomic mass is 32.2. The predicted molar refractivity (Wildman–Crippen MR) is 41.9 cm³/mol. The lowest BCUT2D eigenvalue weighted by atomic mass is 10.2. The van der Waals surface area contributed by atoms with Crippen LogP contribution in [0.25, 0.3) is 0 Å². The quantitative estimate of drug-likeness (QED) is 0.640. The first-order valence-electron chi connectivity index (χ1n) is 3.67. The third-order valence-electron chi connectivity index (χ3n) is 1.95. The second-order valence-corrected chi connectivity index (χ2v) is 4.94. The van der Waals surface area contributed by atoms with Crippen LogP contribution in [-0.2, 0) is 10.0 Å². The Morgan fingerprint density at radius 1 is 1.67 bits per heavy atom. The fourth-order valence-electron chi connectivity index (χ4n) is 1.40. The average Bonchev–Trinajstić information content (AvgIpc) is 2.29. The molecule has 0 unspecified atom stereocenters. The van der Waals surface area contributed by atoms with Crippen molar-refractivity contribution in [2.45, 2.75) is 18.6 Å². The number of hydrogen-bond donors (Lipinski definition) is 1. The molecule has 0 aromatic heterocycles. The zero-order valence-electron chi connectivity index (χ0n) is 6.77. The molecule has 1 saturated heterocycles. The van der Waals surface area contributed by atoms with E-state index in [1.165, 1.54) is 0 Å². The maximum Gasteiger partial charge on any atom is 0.211 e. The fourth-order valence-corrected chi connectivity index (χ4v) is 2.53. The normalized spacial score (nSPS) is 32.6. The molecule has 0 amide bonds. The van der Waals surface area contributed by atoms with Crippen LogP contribution < -0.4 is 0 Å². The molecule has 4 nitrogen and oxygen atoms in total. The van der Waals surface area contributed by atoms with Crippen molar-refractivity contribution >= 4 is 10.0 Å². The molecule has 2 atom stereocenters. The molecule has 0 aliphatic carbocycles.